The van der Waals surface area contributed by atoms with E-state index in [2.05, 4.69) is 0 Å². The van der Waals surface area contributed by atoms with Gasteiger partial charge in [-0.2, -0.15) is 0 Å². The van der Waals surface area contributed by atoms with Gasteiger partial charge >= 0.3 is 5.69 Å². The fourth-order valence-corrected chi connectivity index (χ4v) is 1.94. The van der Waals surface area contributed by atoms with E-state index in [0.717, 1.165) is 5.56 Å². The molecule has 6 nitrogen and oxygen atoms in total. The van der Waals surface area contributed by atoms with Gasteiger partial charge in [-0.15, -0.1) is 0 Å². The van der Waals surface area contributed by atoms with Crippen LogP contribution < -0.4 is 10.5 Å². The number of nitrogens with two attached hydrogens (primary N) is 1. The Bertz CT molecular complexity index is 731. The molecule has 0 heterocycles. The summed E-state index contributed by atoms with van der Waals surface area (Å²) in [4.78, 5) is 10.5. The average molecular weight is 306 g/mol. The third-order valence-electron chi connectivity index (χ3n) is 2.76. The molecular formula is C14H12ClN3O3. The van der Waals surface area contributed by atoms with E-state index in [9.17, 15) is 10.1 Å². The van der Waals surface area contributed by atoms with Gasteiger partial charge < -0.3 is 10.5 Å². The van der Waals surface area contributed by atoms with Crippen molar-refractivity contribution >= 4 is 23.1 Å². The number of hydrogen-bond donors (Lipinski definition) is 2. The van der Waals surface area contributed by atoms with Crippen LogP contribution >= 0.6 is 11.6 Å². The molecule has 0 bridgehead atoms. The summed E-state index contributed by atoms with van der Waals surface area (Å²) in [7, 11) is 0. The highest BCUT2D eigenvalue weighted by Crippen LogP contribution is 2.35. The Morgan fingerprint density at radius 3 is 2.62 bits per heavy atom. The van der Waals surface area contributed by atoms with Gasteiger partial charge in [0.15, 0.2) is 0 Å². The first-order valence-corrected chi connectivity index (χ1v) is 6.33. The summed E-state index contributed by atoms with van der Waals surface area (Å²) >= 11 is 5.76. The first-order valence-electron chi connectivity index (χ1n) is 5.95. The van der Waals surface area contributed by atoms with Crippen LogP contribution in [0.1, 0.15) is 11.1 Å². The minimum atomic E-state index is -0.579. The van der Waals surface area contributed by atoms with Gasteiger partial charge in [0, 0.05) is 11.1 Å². The minimum Gasteiger partial charge on any atom is -0.449 e. The van der Waals surface area contributed by atoms with Crippen LogP contribution in [0.3, 0.4) is 0 Å². The molecule has 7 heteroatoms. The number of nitrogen functional groups attached to an aromatic ring is 1. The lowest BCUT2D eigenvalue weighted by Crippen LogP contribution is -2.12. The number of benzene rings is 2. The van der Waals surface area contributed by atoms with Crippen LogP contribution in [0.5, 0.6) is 11.5 Å². The molecule has 0 aliphatic carbocycles. The van der Waals surface area contributed by atoms with Gasteiger partial charge in [-0.25, -0.2) is 0 Å². The molecule has 0 atom stereocenters. The van der Waals surface area contributed by atoms with Crippen molar-refractivity contribution in [3.05, 3.63) is 62.7 Å². The highest BCUT2D eigenvalue weighted by atomic mass is 35.5. The Kier molecular flexibility index (Phi) is 4.09. The standard InChI is InChI=1S/C14H12ClN3O3/c1-8-2-4-10(14(16)17)13(6-8)21-12-5-3-9(15)7-11(12)18(19)20/h2-7H,1H3,(H3,16,17). The van der Waals surface area contributed by atoms with Crippen molar-refractivity contribution in [2.75, 3.05) is 0 Å². The molecule has 21 heavy (non-hydrogen) atoms. The number of halogens is 1. The van der Waals surface area contributed by atoms with Crippen LogP contribution in [0.15, 0.2) is 36.4 Å². The van der Waals surface area contributed by atoms with Gasteiger partial charge in [0.2, 0.25) is 5.75 Å². The maximum absolute atomic E-state index is 11.0. The van der Waals surface area contributed by atoms with Crippen molar-refractivity contribution in [1.82, 2.24) is 0 Å². The van der Waals surface area contributed by atoms with Crippen LogP contribution in [-0.4, -0.2) is 10.8 Å². The second-order valence-corrected chi connectivity index (χ2v) is 4.82. The van der Waals surface area contributed by atoms with E-state index in [0.29, 0.717) is 5.56 Å². The third kappa shape index (κ3) is 3.29. The highest BCUT2D eigenvalue weighted by Gasteiger charge is 2.18. The fraction of sp³-hybridized carbons (Fsp3) is 0.0714. The van der Waals surface area contributed by atoms with Crippen LogP contribution in [-0.2, 0) is 0 Å². The number of hydrogen-bond acceptors (Lipinski definition) is 4. The Labute approximate surface area is 125 Å². The molecule has 0 aliphatic rings. The lowest BCUT2D eigenvalue weighted by atomic mass is 10.1. The van der Waals surface area contributed by atoms with E-state index in [1.54, 1.807) is 18.2 Å². The number of nitro groups is 1. The molecule has 2 aromatic rings. The summed E-state index contributed by atoms with van der Waals surface area (Å²) in [6.45, 7) is 1.84. The van der Waals surface area contributed by atoms with Crippen LogP contribution in [0.4, 0.5) is 5.69 Å². The minimum absolute atomic E-state index is 0.0394. The second kappa shape index (κ2) is 5.80. The van der Waals surface area contributed by atoms with E-state index in [1.165, 1.54) is 18.2 Å². The molecule has 0 radical (unpaired) electrons. The Hall–Kier alpha value is -2.60. The van der Waals surface area contributed by atoms with E-state index < -0.39 is 4.92 Å². The zero-order chi connectivity index (χ0) is 15.6. The van der Waals surface area contributed by atoms with Crippen molar-refractivity contribution in [1.29, 1.82) is 5.41 Å². The number of amidine groups is 1. The molecule has 3 N–H and O–H groups in total. The lowest BCUT2D eigenvalue weighted by Gasteiger charge is -2.11. The Morgan fingerprint density at radius 2 is 2.00 bits per heavy atom. The van der Waals surface area contributed by atoms with Gasteiger partial charge in [0.1, 0.15) is 11.6 Å². The monoisotopic (exact) mass is 305 g/mol. The first-order chi connectivity index (χ1) is 9.88. The Morgan fingerprint density at radius 1 is 1.29 bits per heavy atom. The number of ether oxygens (including phenoxy) is 1. The topological polar surface area (TPSA) is 102 Å². The van der Waals surface area contributed by atoms with E-state index in [1.807, 2.05) is 6.92 Å². The lowest BCUT2D eigenvalue weighted by molar-refractivity contribution is -0.385. The smallest absolute Gasteiger partial charge is 0.313 e. The molecule has 108 valence electrons. The fourth-order valence-electron chi connectivity index (χ4n) is 1.77. The van der Waals surface area contributed by atoms with Crippen molar-refractivity contribution in [3.8, 4) is 11.5 Å². The molecule has 0 spiro atoms. The molecular weight excluding hydrogens is 294 g/mol. The molecule has 0 unspecified atom stereocenters. The summed E-state index contributed by atoms with van der Waals surface area (Å²) < 4.78 is 5.58. The molecule has 0 aromatic heterocycles. The molecule has 0 saturated heterocycles. The molecule has 0 saturated carbocycles. The predicted molar refractivity (Wildman–Crippen MR) is 80.4 cm³/mol. The molecule has 0 amide bonds. The number of nitrogens with zero attached hydrogens (tertiary/aromatic N) is 1. The molecule has 2 rings (SSSR count). The van der Waals surface area contributed by atoms with Crippen LogP contribution in [0.25, 0.3) is 0 Å². The second-order valence-electron chi connectivity index (χ2n) is 4.38. The quantitative estimate of drug-likeness (QED) is 0.389. The molecule has 0 fully saturated rings. The number of aryl methyl sites for hydroxylation is 1. The van der Waals surface area contributed by atoms with Crippen molar-refractivity contribution in [2.45, 2.75) is 6.92 Å². The summed E-state index contributed by atoms with van der Waals surface area (Å²) in [6.07, 6.45) is 0. The summed E-state index contributed by atoms with van der Waals surface area (Å²) in [5.74, 6) is 0.145. The van der Waals surface area contributed by atoms with Crippen molar-refractivity contribution in [3.63, 3.8) is 0 Å². The van der Waals surface area contributed by atoms with Crippen LogP contribution in [0, 0.1) is 22.4 Å². The number of nitrogens with one attached hydrogen (secondary N) is 1. The summed E-state index contributed by atoms with van der Waals surface area (Å²) in [6, 6.07) is 9.18. The van der Waals surface area contributed by atoms with E-state index in [-0.39, 0.29) is 28.0 Å². The normalized spacial score (nSPS) is 10.2. The number of rotatable bonds is 4. The third-order valence-corrected chi connectivity index (χ3v) is 3.00. The zero-order valence-corrected chi connectivity index (χ0v) is 11.8. The van der Waals surface area contributed by atoms with Gasteiger partial charge in [-0.1, -0.05) is 17.7 Å². The first kappa shape index (κ1) is 14.8. The molecule has 0 aliphatic heterocycles. The summed E-state index contributed by atoms with van der Waals surface area (Å²) in [5, 5.41) is 18.8. The largest absolute Gasteiger partial charge is 0.449 e. The molecule has 2 aromatic carbocycles. The van der Waals surface area contributed by atoms with E-state index >= 15 is 0 Å². The van der Waals surface area contributed by atoms with Gasteiger partial charge in [0.05, 0.1) is 10.5 Å². The van der Waals surface area contributed by atoms with Gasteiger partial charge in [-0.05, 0) is 36.8 Å². The maximum Gasteiger partial charge on any atom is 0.313 e. The van der Waals surface area contributed by atoms with Crippen molar-refractivity contribution < 1.29 is 9.66 Å². The van der Waals surface area contributed by atoms with Crippen LogP contribution in [0.2, 0.25) is 5.02 Å². The SMILES string of the molecule is Cc1ccc(C(=N)N)c(Oc2ccc(Cl)cc2[N+](=O)[O-])c1. The van der Waals surface area contributed by atoms with Gasteiger partial charge in [0.25, 0.3) is 0 Å². The number of nitro benzene ring substituents is 1. The van der Waals surface area contributed by atoms with E-state index in [4.69, 9.17) is 27.5 Å². The van der Waals surface area contributed by atoms with Crippen molar-refractivity contribution in [2.24, 2.45) is 5.73 Å². The predicted octanol–water partition coefficient (Wildman–Crippen LogP) is 3.63. The summed E-state index contributed by atoms with van der Waals surface area (Å²) in [5.41, 5.74) is 6.48. The average Bonchev–Trinajstić information content (AvgIpc) is 2.40. The highest BCUT2D eigenvalue weighted by molar-refractivity contribution is 6.30. The maximum atomic E-state index is 11.0. The zero-order valence-electron chi connectivity index (χ0n) is 11.1. The Balaban J connectivity index is 2.50. The van der Waals surface area contributed by atoms with Gasteiger partial charge in [-0.3, -0.25) is 15.5 Å².